The van der Waals surface area contributed by atoms with Gasteiger partial charge in [0.25, 0.3) is 0 Å². The molecule has 2 aliphatic carbocycles. The number of esters is 4. The average molecular weight is 1360 g/mol. The van der Waals surface area contributed by atoms with E-state index in [2.05, 4.69) is 63.7 Å². The lowest BCUT2D eigenvalue weighted by Crippen LogP contribution is -2.41. The maximum absolute atomic E-state index is 13.6. The van der Waals surface area contributed by atoms with E-state index < -0.39 is 48.3 Å². The molecule has 8 rings (SSSR count). The van der Waals surface area contributed by atoms with Crippen LogP contribution in [0.1, 0.15) is 63.7 Å². The lowest BCUT2D eigenvalue weighted by molar-refractivity contribution is -0.0390. The Morgan fingerprint density at radius 1 is 0.375 bits per heavy atom. The number of fused-ring (bicyclic) bond motifs is 2. The van der Waals surface area contributed by atoms with E-state index in [-0.39, 0.29) is 94.2 Å². The normalized spacial score (nSPS) is 16.1. The fourth-order valence-corrected chi connectivity index (χ4v) is 9.68. The average Bonchev–Trinajstić information content (AvgIpc) is 3.48. The Kier molecular flexibility index (Phi) is 21.9. The maximum atomic E-state index is 13.6. The Labute approximate surface area is 492 Å². The highest BCUT2D eigenvalue weighted by Crippen LogP contribution is 2.40. The van der Waals surface area contributed by atoms with Crippen molar-refractivity contribution in [1.82, 2.24) is 0 Å². The molecular formula is C56H52Br4O20. The van der Waals surface area contributed by atoms with Crippen LogP contribution in [0.25, 0.3) is 0 Å². The Balaban J connectivity index is 0.000000241. The van der Waals surface area contributed by atoms with Crippen LogP contribution >= 0.6 is 63.7 Å². The number of ether oxygens (including phenoxy) is 12. The van der Waals surface area contributed by atoms with Crippen molar-refractivity contribution in [3.05, 3.63) is 159 Å². The molecule has 20 nitrogen and oxygen atoms in total. The van der Waals surface area contributed by atoms with Gasteiger partial charge in [-0.05, 0) is 135 Å². The van der Waals surface area contributed by atoms with Gasteiger partial charge in [-0.25, -0.2) is 19.2 Å². The van der Waals surface area contributed by atoms with Gasteiger partial charge in [-0.2, -0.15) is 0 Å². The number of hydrogen-bond acceptors (Lipinski definition) is 20. The van der Waals surface area contributed by atoms with Crippen molar-refractivity contribution in [3.8, 4) is 46.0 Å². The molecule has 0 unspecified atom stereocenters. The summed E-state index contributed by atoms with van der Waals surface area (Å²) in [5.74, 6) is -3.12. The van der Waals surface area contributed by atoms with Crippen LogP contribution in [0.5, 0.6) is 46.0 Å². The topological polar surface area (TPSA) is 260 Å². The Bertz CT molecular complexity index is 2890. The summed E-state index contributed by atoms with van der Waals surface area (Å²) in [4.78, 5) is 52.8. The molecule has 0 saturated carbocycles. The van der Waals surface area contributed by atoms with Gasteiger partial charge in [0.15, 0.2) is 27.2 Å². The van der Waals surface area contributed by atoms with Crippen LogP contribution in [-0.4, -0.2) is 124 Å². The first-order chi connectivity index (χ1) is 38.4. The smallest absolute Gasteiger partial charge is 0.338 e. The second kappa shape index (κ2) is 28.7. The zero-order chi connectivity index (χ0) is 57.6. The highest BCUT2D eigenvalue weighted by molar-refractivity contribution is 9.11. The first-order valence-electron chi connectivity index (χ1n) is 24.0. The summed E-state index contributed by atoms with van der Waals surface area (Å²) in [6, 6.07) is 25.8. The Morgan fingerprint density at radius 2 is 0.588 bits per heavy atom. The first-order valence-corrected chi connectivity index (χ1v) is 27.1. The number of benzene rings is 6. The van der Waals surface area contributed by atoms with Crippen molar-refractivity contribution in [1.29, 1.82) is 0 Å². The summed E-state index contributed by atoms with van der Waals surface area (Å²) in [5, 5.41) is 39.6. The molecule has 0 radical (unpaired) electrons. The maximum Gasteiger partial charge on any atom is 0.338 e. The Hall–Kier alpha value is -6.64. The molecule has 6 aromatic rings. The zero-order valence-corrected chi connectivity index (χ0v) is 49.4. The second-order valence-corrected chi connectivity index (χ2v) is 20.7. The van der Waals surface area contributed by atoms with E-state index >= 15 is 0 Å². The zero-order valence-electron chi connectivity index (χ0n) is 43.0. The lowest BCUT2D eigenvalue weighted by Gasteiger charge is -2.32. The quantitative estimate of drug-likeness (QED) is 0.0315. The molecule has 0 amide bonds. The van der Waals surface area contributed by atoms with Gasteiger partial charge in [0.2, 0.25) is 0 Å². The third-order valence-electron chi connectivity index (χ3n) is 12.1. The molecule has 2 aliphatic rings. The van der Waals surface area contributed by atoms with Gasteiger partial charge in [0.05, 0.1) is 22.3 Å². The molecule has 4 N–H and O–H groups in total. The molecular weight excluding hydrogens is 1310 g/mol. The van der Waals surface area contributed by atoms with Gasteiger partial charge in [-0.3, -0.25) is 0 Å². The van der Waals surface area contributed by atoms with E-state index in [0.717, 1.165) is 46.5 Å². The molecule has 0 bridgehead atoms. The standard InChI is InChI=1S/C32H34Br2O12.C24H18Br2O8/c1-37-15-41-25-11-21(12-26(29(25)33)42-16-38-2)31(35)45-23-9-19-7-5-6-8-20(19)10-24(23)46-32(36)22-13-27(43-17-39-3)30(34)28(14-22)44-18-40-4;25-21-15(27)5-13(6-16(21)28)23(31)33-19-9-11-3-1-2-4-12(11)10-20(19)34-24(32)14-7-17(29)22(26)18(30)8-14/h5-8,11-14,23-24H,9-10,15-18H2,1-4H3;1-8,19-20,27-30H,9-10H2/t23-,24+;19-,20+. The van der Waals surface area contributed by atoms with Crippen molar-refractivity contribution in [2.45, 2.75) is 50.1 Å². The molecule has 0 spiro atoms. The van der Waals surface area contributed by atoms with Gasteiger partial charge < -0.3 is 77.3 Å². The van der Waals surface area contributed by atoms with Crippen LogP contribution in [0, 0.1) is 0 Å². The highest BCUT2D eigenvalue weighted by Gasteiger charge is 2.37. The summed E-state index contributed by atoms with van der Waals surface area (Å²) in [7, 11) is 5.91. The number of aromatic hydroxyl groups is 4. The van der Waals surface area contributed by atoms with Gasteiger partial charge in [-0.1, -0.05) is 48.5 Å². The summed E-state index contributed by atoms with van der Waals surface area (Å²) in [6.07, 6.45) is -2.18. The minimum absolute atomic E-state index is 0.0449. The Morgan fingerprint density at radius 3 is 0.800 bits per heavy atom. The van der Waals surface area contributed by atoms with E-state index in [9.17, 15) is 39.6 Å². The van der Waals surface area contributed by atoms with Crippen LogP contribution in [0.3, 0.4) is 0 Å². The number of carbonyl (C=O) groups excluding carboxylic acids is 4. The molecule has 0 aromatic heterocycles. The number of methoxy groups -OCH3 is 4. The van der Waals surface area contributed by atoms with Crippen molar-refractivity contribution in [2.24, 2.45) is 0 Å². The number of hydrogen-bond donors (Lipinski definition) is 4. The SMILES string of the molecule is COCOc1cc(C(=O)O[C@H]2Cc3ccccc3C[C@H]2OC(=O)c2cc(OCOC)c(Br)c(OCOC)c2)cc(OCOC)c1Br.O=C(O[C@H]1Cc2ccccc2C[C@H]1OC(=O)c1cc(O)c(Br)c(O)c1)c1cc(O)c(Br)c(O)c1. The van der Waals surface area contributed by atoms with Gasteiger partial charge >= 0.3 is 23.9 Å². The van der Waals surface area contributed by atoms with Crippen LogP contribution in [-0.2, 0) is 63.6 Å². The molecule has 0 heterocycles. The number of phenolic OH excluding ortho intramolecular Hbond substituents is 4. The summed E-state index contributed by atoms with van der Waals surface area (Å²) in [5.41, 5.74) is 3.95. The van der Waals surface area contributed by atoms with Gasteiger partial charge in [-0.15, -0.1) is 0 Å². The molecule has 24 heteroatoms. The molecule has 0 aliphatic heterocycles. The van der Waals surface area contributed by atoms with Crippen molar-refractivity contribution >= 4 is 87.6 Å². The summed E-state index contributed by atoms with van der Waals surface area (Å²) in [6.45, 7) is -0.259. The predicted molar refractivity (Wildman–Crippen MR) is 298 cm³/mol. The third-order valence-corrected chi connectivity index (χ3v) is 15.3. The number of carbonyl (C=O) groups is 4. The van der Waals surface area contributed by atoms with E-state index in [0.29, 0.717) is 44.8 Å². The van der Waals surface area contributed by atoms with Crippen LogP contribution < -0.4 is 18.9 Å². The molecule has 6 aromatic carbocycles. The molecule has 0 saturated heterocycles. The van der Waals surface area contributed by atoms with Crippen LogP contribution in [0.4, 0.5) is 0 Å². The van der Waals surface area contributed by atoms with E-state index in [1.165, 1.54) is 52.7 Å². The first kappa shape index (κ1) is 61.0. The number of phenols is 4. The fourth-order valence-electron chi connectivity index (χ4n) is 8.31. The largest absolute Gasteiger partial charge is 0.507 e. The van der Waals surface area contributed by atoms with Crippen LogP contribution in [0.2, 0.25) is 0 Å². The predicted octanol–water partition coefficient (Wildman–Crippen LogP) is 10.3. The lowest BCUT2D eigenvalue weighted by atomic mass is 9.87. The minimum Gasteiger partial charge on any atom is -0.507 e. The van der Waals surface area contributed by atoms with Crippen molar-refractivity contribution in [2.75, 3.05) is 55.6 Å². The van der Waals surface area contributed by atoms with Crippen LogP contribution in [0.15, 0.2) is 115 Å². The van der Waals surface area contributed by atoms with E-state index in [1.54, 1.807) is 0 Å². The summed E-state index contributed by atoms with van der Waals surface area (Å²) < 4.78 is 66.9. The fraction of sp³-hybridized carbons (Fsp3) is 0.286. The highest BCUT2D eigenvalue weighted by atomic mass is 79.9. The van der Waals surface area contributed by atoms with Gasteiger partial charge in [0.1, 0.15) is 88.3 Å². The molecule has 4 atom stereocenters. The summed E-state index contributed by atoms with van der Waals surface area (Å²) >= 11 is 12.9. The number of rotatable bonds is 20. The molecule has 424 valence electrons. The second-order valence-electron chi connectivity index (χ2n) is 17.6. The molecule has 0 fully saturated rings. The third kappa shape index (κ3) is 15.4. The number of halogens is 4. The van der Waals surface area contributed by atoms with Crippen molar-refractivity contribution in [3.63, 3.8) is 0 Å². The van der Waals surface area contributed by atoms with E-state index in [1.807, 2.05) is 48.5 Å². The molecule has 80 heavy (non-hydrogen) atoms. The minimum atomic E-state index is -0.864. The monoisotopic (exact) mass is 1360 g/mol. The van der Waals surface area contributed by atoms with Gasteiger partial charge in [0, 0.05) is 54.1 Å². The van der Waals surface area contributed by atoms with E-state index in [4.69, 9.17) is 56.8 Å². The van der Waals surface area contributed by atoms with Crippen molar-refractivity contribution < 1.29 is 96.4 Å².